The zero-order chi connectivity index (χ0) is 17.7. The van der Waals surface area contributed by atoms with Gasteiger partial charge in [-0.25, -0.2) is 4.79 Å². The van der Waals surface area contributed by atoms with Gasteiger partial charge in [0.2, 0.25) is 0 Å². The predicted octanol–water partition coefficient (Wildman–Crippen LogP) is 2.07. The van der Waals surface area contributed by atoms with Crippen LogP contribution in [0.2, 0.25) is 0 Å². The minimum Gasteiger partial charge on any atom is -0.497 e. The molecule has 3 N–H and O–H groups in total. The van der Waals surface area contributed by atoms with Crippen LogP contribution in [-0.4, -0.2) is 36.9 Å². The second kappa shape index (κ2) is 7.57. The second-order valence-electron chi connectivity index (χ2n) is 6.55. The van der Waals surface area contributed by atoms with Crippen molar-refractivity contribution in [2.45, 2.75) is 24.9 Å². The average molecular weight is 340 g/mol. The monoisotopic (exact) mass is 340 g/mol. The lowest BCUT2D eigenvalue weighted by Crippen LogP contribution is -2.47. The summed E-state index contributed by atoms with van der Waals surface area (Å²) in [7, 11) is 1.64. The molecule has 3 rings (SSSR count). The summed E-state index contributed by atoms with van der Waals surface area (Å²) in [6.07, 6.45) is 1.90. The van der Waals surface area contributed by atoms with Crippen LogP contribution in [0, 0.1) is 0 Å². The van der Waals surface area contributed by atoms with Gasteiger partial charge in [-0.05, 0) is 35.2 Å². The van der Waals surface area contributed by atoms with Gasteiger partial charge in [-0.15, -0.1) is 0 Å². The van der Waals surface area contributed by atoms with Gasteiger partial charge in [0.25, 0.3) is 0 Å². The molecule has 0 saturated carbocycles. The fraction of sp³-hybridized carbons (Fsp3) is 0.350. The van der Waals surface area contributed by atoms with Gasteiger partial charge in [-0.1, -0.05) is 36.4 Å². The van der Waals surface area contributed by atoms with E-state index in [1.54, 1.807) is 7.11 Å². The van der Waals surface area contributed by atoms with E-state index >= 15 is 0 Å². The molecule has 0 spiro atoms. The number of hydrogen-bond donors (Lipinski definition) is 3. The van der Waals surface area contributed by atoms with Crippen LogP contribution < -0.4 is 15.4 Å². The third kappa shape index (κ3) is 4.51. The molecular weight excluding hydrogens is 316 g/mol. The molecule has 0 unspecified atom stereocenters. The quantitative estimate of drug-likeness (QED) is 0.754. The lowest BCUT2D eigenvalue weighted by atomic mass is 10.0. The summed E-state index contributed by atoms with van der Waals surface area (Å²) in [5.74, 6) is 0.820. The maximum Gasteiger partial charge on any atom is 0.314 e. The van der Waals surface area contributed by atoms with Crippen LogP contribution in [-0.2, 0) is 19.3 Å². The van der Waals surface area contributed by atoms with Crippen LogP contribution in [0.4, 0.5) is 4.79 Å². The Morgan fingerprint density at radius 2 is 1.72 bits per heavy atom. The van der Waals surface area contributed by atoms with Gasteiger partial charge in [0.1, 0.15) is 5.75 Å². The largest absolute Gasteiger partial charge is 0.497 e. The van der Waals surface area contributed by atoms with Crippen LogP contribution in [0.25, 0.3) is 0 Å². The van der Waals surface area contributed by atoms with Crippen LogP contribution >= 0.6 is 0 Å². The molecule has 0 aromatic heterocycles. The Bertz CT molecular complexity index is 703. The van der Waals surface area contributed by atoms with Gasteiger partial charge < -0.3 is 20.5 Å². The fourth-order valence-electron chi connectivity index (χ4n) is 3.22. The number of carbonyl (C=O) groups excluding carboxylic acids is 1. The first-order valence-electron chi connectivity index (χ1n) is 8.52. The molecule has 2 aromatic rings. The first kappa shape index (κ1) is 17.3. The number of nitrogens with one attached hydrogen (secondary N) is 2. The summed E-state index contributed by atoms with van der Waals surface area (Å²) in [6, 6.07) is 15.5. The van der Waals surface area contributed by atoms with E-state index < -0.39 is 5.60 Å². The van der Waals surface area contributed by atoms with Crippen molar-refractivity contribution in [2.24, 2.45) is 0 Å². The lowest BCUT2D eigenvalue weighted by Gasteiger charge is -2.22. The molecule has 1 aliphatic carbocycles. The van der Waals surface area contributed by atoms with Crippen molar-refractivity contribution in [1.82, 2.24) is 10.6 Å². The smallest absolute Gasteiger partial charge is 0.314 e. The molecule has 2 aromatic carbocycles. The summed E-state index contributed by atoms with van der Waals surface area (Å²) < 4.78 is 5.12. The average Bonchev–Trinajstić information content (AvgIpc) is 2.97. The first-order chi connectivity index (χ1) is 12.1. The van der Waals surface area contributed by atoms with E-state index in [9.17, 15) is 9.90 Å². The molecule has 0 bridgehead atoms. The number of amides is 2. The van der Waals surface area contributed by atoms with Crippen LogP contribution in [0.5, 0.6) is 5.75 Å². The Morgan fingerprint density at radius 3 is 2.32 bits per heavy atom. The van der Waals surface area contributed by atoms with Crippen molar-refractivity contribution < 1.29 is 14.6 Å². The summed E-state index contributed by atoms with van der Waals surface area (Å²) in [4.78, 5) is 12.0. The SMILES string of the molecule is COc1ccc(CCNC(=O)NCC2(O)Cc3ccccc3C2)cc1. The van der Waals surface area contributed by atoms with Crippen molar-refractivity contribution in [2.75, 3.05) is 20.2 Å². The Hall–Kier alpha value is -2.53. The number of aliphatic hydroxyl groups is 1. The van der Waals surface area contributed by atoms with Crippen molar-refractivity contribution in [1.29, 1.82) is 0 Å². The highest BCUT2D eigenvalue weighted by Crippen LogP contribution is 2.29. The van der Waals surface area contributed by atoms with E-state index in [-0.39, 0.29) is 12.6 Å². The highest BCUT2D eigenvalue weighted by atomic mass is 16.5. The van der Waals surface area contributed by atoms with Gasteiger partial charge in [0.05, 0.1) is 12.7 Å². The molecule has 0 saturated heterocycles. The summed E-state index contributed by atoms with van der Waals surface area (Å²) in [5, 5.41) is 16.3. The van der Waals surface area contributed by atoms with E-state index in [1.165, 1.54) is 0 Å². The normalized spacial score (nSPS) is 14.6. The van der Waals surface area contributed by atoms with Crippen molar-refractivity contribution in [3.8, 4) is 5.75 Å². The summed E-state index contributed by atoms with van der Waals surface area (Å²) in [6.45, 7) is 0.785. The van der Waals surface area contributed by atoms with Crippen molar-refractivity contribution in [3.05, 3.63) is 65.2 Å². The molecule has 0 radical (unpaired) electrons. The Balaban J connectivity index is 1.40. The maximum absolute atomic E-state index is 12.0. The van der Waals surface area contributed by atoms with E-state index in [1.807, 2.05) is 48.5 Å². The van der Waals surface area contributed by atoms with Crippen LogP contribution in [0.3, 0.4) is 0 Å². The van der Waals surface area contributed by atoms with Gasteiger partial charge >= 0.3 is 6.03 Å². The fourth-order valence-corrected chi connectivity index (χ4v) is 3.22. The summed E-state index contributed by atoms with van der Waals surface area (Å²) in [5.41, 5.74) is 2.56. The van der Waals surface area contributed by atoms with Gasteiger partial charge in [0.15, 0.2) is 0 Å². The maximum atomic E-state index is 12.0. The molecule has 1 aliphatic rings. The molecule has 0 atom stereocenters. The Labute approximate surface area is 148 Å². The number of hydrogen-bond acceptors (Lipinski definition) is 3. The third-order valence-electron chi connectivity index (χ3n) is 4.59. The Morgan fingerprint density at radius 1 is 1.08 bits per heavy atom. The number of methoxy groups -OCH3 is 1. The molecular formula is C20H24N2O3. The van der Waals surface area contributed by atoms with E-state index in [4.69, 9.17) is 4.74 Å². The highest BCUT2D eigenvalue weighted by Gasteiger charge is 2.35. The number of fused-ring (bicyclic) bond motifs is 1. The zero-order valence-electron chi connectivity index (χ0n) is 14.4. The lowest BCUT2D eigenvalue weighted by molar-refractivity contribution is 0.0536. The number of benzene rings is 2. The summed E-state index contributed by atoms with van der Waals surface area (Å²) >= 11 is 0. The zero-order valence-corrected chi connectivity index (χ0v) is 14.4. The number of ether oxygens (including phenoxy) is 1. The molecule has 5 nitrogen and oxygen atoms in total. The van der Waals surface area contributed by atoms with Crippen LogP contribution in [0.15, 0.2) is 48.5 Å². The predicted molar refractivity (Wildman–Crippen MR) is 96.9 cm³/mol. The third-order valence-corrected chi connectivity index (χ3v) is 4.59. The van der Waals surface area contributed by atoms with Crippen molar-refractivity contribution >= 4 is 6.03 Å². The number of urea groups is 1. The van der Waals surface area contributed by atoms with Gasteiger partial charge in [-0.3, -0.25) is 0 Å². The minimum absolute atomic E-state index is 0.246. The van der Waals surface area contributed by atoms with Crippen molar-refractivity contribution in [3.63, 3.8) is 0 Å². The van der Waals surface area contributed by atoms with Gasteiger partial charge in [-0.2, -0.15) is 0 Å². The molecule has 132 valence electrons. The Kier molecular flexibility index (Phi) is 5.24. The molecule has 0 aliphatic heterocycles. The molecule has 5 heteroatoms. The number of rotatable bonds is 6. The molecule has 2 amide bonds. The number of carbonyl (C=O) groups is 1. The second-order valence-corrected chi connectivity index (χ2v) is 6.55. The van der Waals surface area contributed by atoms with E-state index in [0.29, 0.717) is 19.4 Å². The van der Waals surface area contributed by atoms with E-state index in [0.717, 1.165) is 28.9 Å². The van der Waals surface area contributed by atoms with Crippen LogP contribution in [0.1, 0.15) is 16.7 Å². The highest BCUT2D eigenvalue weighted by molar-refractivity contribution is 5.73. The molecule has 0 heterocycles. The minimum atomic E-state index is -0.892. The van der Waals surface area contributed by atoms with Gasteiger partial charge in [0, 0.05) is 25.9 Å². The topological polar surface area (TPSA) is 70.6 Å². The molecule has 25 heavy (non-hydrogen) atoms. The molecule has 0 fully saturated rings. The standard InChI is InChI=1S/C20H24N2O3/c1-25-18-8-6-15(7-9-18)10-11-21-19(23)22-14-20(24)12-16-4-2-3-5-17(16)13-20/h2-9,24H,10-14H2,1H3,(H2,21,22,23). The van der Waals surface area contributed by atoms with E-state index in [2.05, 4.69) is 10.6 Å². The first-order valence-corrected chi connectivity index (χ1v) is 8.52.